The molecule has 0 aliphatic carbocycles. The minimum absolute atomic E-state index is 0.0175. The summed E-state index contributed by atoms with van der Waals surface area (Å²) in [5.41, 5.74) is -0.649. The van der Waals surface area contributed by atoms with Gasteiger partial charge in [0.25, 0.3) is 5.91 Å². The first-order valence-corrected chi connectivity index (χ1v) is 6.00. The highest BCUT2D eigenvalue weighted by Gasteiger charge is 2.24. The molecule has 0 aromatic heterocycles. The molecule has 0 saturated carbocycles. The molecule has 0 atom stereocenters. The number of nitro groups is 1. The molecule has 2 N–H and O–H groups in total. The summed E-state index contributed by atoms with van der Waals surface area (Å²) in [5, 5.41) is 29.6. The standard InChI is InChI=1S/C12H14N2O5/c15-10-7-8(6-9(11(10)16)14(18)19)12(17)13-4-2-1-3-5-13/h6-7,15-16H,1-5H2. The van der Waals surface area contributed by atoms with Gasteiger partial charge in [0.05, 0.1) is 10.5 Å². The maximum Gasteiger partial charge on any atom is 0.315 e. The molecule has 1 aliphatic heterocycles. The summed E-state index contributed by atoms with van der Waals surface area (Å²) < 4.78 is 0. The Kier molecular flexibility index (Phi) is 3.55. The quantitative estimate of drug-likeness (QED) is 0.481. The van der Waals surface area contributed by atoms with Crippen LogP contribution in [0.4, 0.5) is 5.69 Å². The minimum Gasteiger partial charge on any atom is -0.504 e. The van der Waals surface area contributed by atoms with Crippen molar-refractivity contribution >= 4 is 11.6 Å². The molecule has 0 unspecified atom stereocenters. The van der Waals surface area contributed by atoms with Crippen LogP contribution in [0.3, 0.4) is 0 Å². The molecule has 0 radical (unpaired) electrons. The summed E-state index contributed by atoms with van der Waals surface area (Å²) in [6.07, 6.45) is 2.86. The minimum atomic E-state index is -0.831. The molecule has 19 heavy (non-hydrogen) atoms. The summed E-state index contributed by atoms with van der Waals surface area (Å²) >= 11 is 0. The SMILES string of the molecule is O=C(c1cc(O)c(O)c([N+](=O)[O-])c1)N1CCCCC1. The van der Waals surface area contributed by atoms with Crippen LogP contribution >= 0.6 is 0 Å². The fraction of sp³-hybridized carbons (Fsp3) is 0.417. The molecule has 102 valence electrons. The van der Waals surface area contributed by atoms with Crippen LogP contribution in [0.25, 0.3) is 0 Å². The number of phenolic OH excluding ortho intramolecular Hbond substituents is 2. The van der Waals surface area contributed by atoms with E-state index in [0.717, 1.165) is 31.4 Å². The second kappa shape index (κ2) is 5.13. The Hall–Kier alpha value is -2.31. The Morgan fingerprint density at radius 3 is 2.42 bits per heavy atom. The van der Waals surface area contributed by atoms with Crippen LogP contribution in [0.1, 0.15) is 29.6 Å². The van der Waals surface area contributed by atoms with Gasteiger partial charge >= 0.3 is 5.69 Å². The highest BCUT2D eigenvalue weighted by Crippen LogP contribution is 2.36. The molecule has 1 aromatic rings. The Morgan fingerprint density at radius 1 is 1.21 bits per heavy atom. The second-order valence-corrected chi connectivity index (χ2v) is 4.47. The lowest BCUT2D eigenvalue weighted by atomic mass is 10.1. The van der Waals surface area contributed by atoms with Crippen molar-refractivity contribution in [3.63, 3.8) is 0 Å². The fourth-order valence-electron chi connectivity index (χ4n) is 2.15. The summed E-state index contributed by atoms with van der Waals surface area (Å²) in [6, 6.07) is 2.05. The molecule has 7 nitrogen and oxygen atoms in total. The Balaban J connectivity index is 2.34. The number of hydrogen-bond acceptors (Lipinski definition) is 5. The summed E-state index contributed by atoms with van der Waals surface area (Å²) in [6.45, 7) is 1.21. The maximum atomic E-state index is 12.1. The number of piperidine rings is 1. The van der Waals surface area contributed by atoms with Gasteiger partial charge in [-0.25, -0.2) is 0 Å². The first-order chi connectivity index (χ1) is 9.00. The second-order valence-electron chi connectivity index (χ2n) is 4.47. The number of nitro benzene ring substituents is 1. The first-order valence-electron chi connectivity index (χ1n) is 6.00. The van der Waals surface area contributed by atoms with E-state index in [-0.39, 0.29) is 11.5 Å². The number of carbonyl (C=O) groups excluding carboxylic acids is 1. The van der Waals surface area contributed by atoms with Gasteiger partial charge in [0.15, 0.2) is 5.75 Å². The van der Waals surface area contributed by atoms with Crippen molar-refractivity contribution < 1.29 is 19.9 Å². The molecule has 7 heteroatoms. The number of benzene rings is 1. The van der Waals surface area contributed by atoms with Gasteiger partial charge in [0, 0.05) is 19.2 Å². The van der Waals surface area contributed by atoms with Crippen LogP contribution < -0.4 is 0 Å². The van der Waals surface area contributed by atoms with Crippen LogP contribution in [-0.4, -0.2) is 39.0 Å². The van der Waals surface area contributed by atoms with Gasteiger partial charge in [0.2, 0.25) is 5.75 Å². The van der Waals surface area contributed by atoms with Gasteiger partial charge in [-0.3, -0.25) is 14.9 Å². The zero-order valence-corrected chi connectivity index (χ0v) is 10.2. The van der Waals surface area contributed by atoms with Crippen molar-refractivity contribution in [2.45, 2.75) is 19.3 Å². The van der Waals surface area contributed by atoms with Crippen LogP contribution in [0.5, 0.6) is 11.5 Å². The third-order valence-corrected chi connectivity index (χ3v) is 3.16. The van der Waals surface area contributed by atoms with Crippen LogP contribution in [0.2, 0.25) is 0 Å². The third kappa shape index (κ3) is 2.59. The van der Waals surface area contributed by atoms with E-state index in [1.807, 2.05) is 0 Å². The summed E-state index contributed by atoms with van der Waals surface area (Å²) in [5.74, 6) is -1.84. The average molecular weight is 266 g/mol. The molecule has 1 amide bonds. The van der Waals surface area contributed by atoms with Crippen molar-refractivity contribution in [1.82, 2.24) is 4.90 Å². The molecule has 1 aromatic carbocycles. The molecule has 1 aliphatic rings. The van der Waals surface area contributed by atoms with E-state index in [1.165, 1.54) is 0 Å². The van der Waals surface area contributed by atoms with E-state index >= 15 is 0 Å². The lowest BCUT2D eigenvalue weighted by molar-refractivity contribution is -0.386. The largest absolute Gasteiger partial charge is 0.504 e. The van der Waals surface area contributed by atoms with Crippen LogP contribution in [0, 0.1) is 10.1 Å². The number of likely N-dealkylation sites (tertiary alicyclic amines) is 1. The first kappa shape index (κ1) is 13.1. The number of rotatable bonds is 2. The van der Waals surface area contributed by atoms with Gasteiger partial charge in [-0.05, 0) is 25.3 Å². The van der Waals surface area contributed by atoms with Gasteiger partial charge in [-0.2, -0.15) is 0 Å². The van der Waals surface area contributed by atoms with Crippen molar-refractivity contribution in [3.05, 3.63) is 27.8 Å². The third-order valence-electron chi connectivity index (χ3n) is 3.16. The summed E-state index contributed by atoms with van der Waals surface area (Å²) in [7, 11) is 0. The molecule has 1 saturated heterocycles. The lowest BCUT2D eigenvalue weighted by Crippen LogP contribution is -2.35. The van der Waals surface area contributed by atoms with Crippen LogP contribution in [-0.2, 0) is 0 Å². The molecule has 2 rings (SSSR count). The molecular weight excluding hydrogens is 252 g/mol. The van der Waals surface area contributed by atoms with E-state index in [9.17, 15) is 25.1 Å². The number of aromatic hydroxyl groups is 2. The van der Waals surface area contributed by atoms with Crippen LogP contribution in [0.15, 0.2) is 12.1 Å². The highest BCUT2D eigenvalue weighted by molar-refractivity contribution is 5.96. The Bertz CT molecular complexity index is 523. The predicted molar refractivity (Wildman–Crippen MR) is 66.2 cm³/mol. The van der Waals surface area contributed by atoms with Crippen molar-refractivity contribution in [3.8, 4) is 11.5 Å². The number of hydrogen-bond donors (Lipinski definition) is 2. The molecule has 0 bridgehead atoms. The van der Waals surface area contributed by atoms with E-state index in [1.54, 1.807) is 4.90 Å². The molecule has 1 heterocycles. The van der Waals surface area contributed by atoms with E-state index in [4.69, 9.17) is 0 Å². The zero-order chi connectivity index (χ0) is 14.0. The van der Waals surface area contributed by atoms with E-state index < -0.39 is 22.1 Å². The number of nitrogens with zero attached hydrogens (tertiary/aromatic N) is 2. The topological polar surface area (TPSA) is 104 Å². The number of phenols is 2. The van der Waals surface area contributed by atoms with Gasteiger partial charge in [-0.15, -0.1) is 0 Å². The molecule has 0 spiro atoms. The molecule has 1 fully saturated rings. The van der Waals surface area contributed by atoms with Crippen molar-refractivity contribution in [2.24, 2.45) is 0 Å². The lowest BCUT2D eigenvalue weighted by Gasteiger charge is -2.26. The van der Waals surface area contributed by atoms with Gasteiger partial charge in [-0.1, -0.05) is 0 Å². The van der Waals surface area contributed by atoms with E-state index in [2.05, 4.69) is 0 Å². The van der Waals surface area contributed by atoms with E-state index in [0.29, 0.717) is 13.1 Å². The van der Waals surface area contributed by atoms with Gasteiger partial charge in [0.1, 0.15) is 0 Å². The Labute approximate surface area is 109 Å². The zero-order valence-electron chi connectivity index (χ0n) is 10.2. The maximum absolute atomic E-state index is 12.1. The molecular formula is C12H14N2O5. The number of carbonyl (C=O) groups is 1. The van der Waals surface area contributed by atoms with Gasteiger partial charge < -0.3 is 15.1 Å². The normalized spacial score (nSPS) is 15.3. The number of amides is 1. The Morgan fingerprint density at radius 2 is 1.84 bits per heavy atom. The fourth-order valence-corrected chi connectivity index (χ4v) is 2.15. The summed E-state index contributed by atoms with van der Waals surface area (Å²) in [4.78, 5) is 23.6. The predicted octanol–water partition coefficient (Wildman–Crippen LogP) is 1.63. The smallest absolute Gasteiger partial charge is 0.315 e. The van der Waals surface area contributed by atoms with Crippen molar-refractivity contribution in [2.75, 3.05) is 13.1 Å². The van der Waals surface area contributed by atoms with Crippen molar-refractivity contribution in [1.29, 1.82) is 0 Å². The monoisotopic (exact) mass is 266 g/mol. The highest BCUT2D eigenvalue weighted by atomic mass is 16.6. The average Bonchev–Trinajstić information content (AvgIpc) is 2.41.